The van der Waals surface area contributed by atoms with Crippen LogP contribution in [0.4, 0.5) is 30.6 Å². The number of hydrogen-bond acceptors (Lipinski definition) is 8. The normalized spacial score (nSPS) is 12.7. The molecule has 29 heavy (non-hydrogen) atoms. The highest BCUT2D eigenvalue weighted by Crippen LogP contribution is 2.30. The molecule has 2 aromatic rings. The molecule has 1 atom stereocenters. The molecule has 1 aromatic carbocycles. The van der Waals surface area contributed by atoms with E-state index in [2.05, 4.69) is 20.6 Å². The van der Waals surface area contributed by atoms with Gasteiger partial charge in [-0.25, -0.2) is 13.4 Å². The molecule has 0 fully saturated rings. The zero-order valence-electron chi connectivity index (χ0n) is 14.9. The number of sulfone groups is 1. The van der Waals surface area contributed by atoms with E-state index in [9.17, 15) is 26.4 Å². The average molecular weight is 428 g/mol. The maximum absolute atomic E-state index is 12.8. The van der Waals surface area contributed by atoms with Gasteiger partial charge < -0.3 is 16.4 Å². The molecule has 0 unspecified atom stereocenters. The second kappa shape index (κ2) is 8.31. The molecular formula is C16H15F3N6O3S. The number of nitrogen functional groups attached to an aromatic ring is 1. The topological polar surface area (TPSA) is 151 Å². The van der Waals surface area contributed by atoms with E-state index in [1.807, 2.05) is 0 Å². The van der Waals surface area contributed by atoms with Crippen molar-refractivity contribution in [2.45, 2.75) is 24.0 Å². The fourth-order valence-corrected chi connectivity index (χ4v) is 3.11. The molecule has 0 radical (unpaired) electrons. The van der Waals surface area contributed by atoms with Crippen molar-refractivity contribution in [1.82, 2.24) is 9.97 Å². The Hall–Kier alpha value is -3.40. The highest BCUT2D eigenvalue weighted by Gasteiger charge is 2.30. The predicted octanol–water partition coefficient (Wildman–Crippen LogP) is 1.81. The van der Waals surface area contributed by atoms with Gasteiger partial charge >= 0.3 is 6.18 Å². The first kappa shape index (κ1) is 21.9. The second-order valence-corrected chi connectivity index (χ2v) is 7.75. The Labute approximate surface area is 163 Å². The van der Waals surface area contributed by atoms with Crippen molar-refractivity contribution in [3.8, 4) is 6.07 Å². The molecule has 0 aliphatic carbocycles. The van der Waals surface area contributed by atoms with Gasteiger partial charge in [-0.05, 0) is 25.1 Å². The standard InChI is InChI=1S/C16H15F3N6O3S/c1-9(14(26)24-11-4-2-3-10(7-11)16(17,18)19)23-13-12(8-22-15(21)25-13)29(27,28)6-5-20/h2-4,7-9H,6H2,1H3,(H,24,26)(H3,21,22,23,25)/t9-/m0/s1. The molecule has 4 N–H and O–H groups in total. The van der Waals surface area contributed by atoms with E-state index < -0.39 is 44.2 Å². The van der Waals surface area contributed by atoms with Gasteiger partial charge in [-0.2, -0.15) is 23.4 Å². The van der Waals surface area contributed by atoms with Gasteiger partial charge in [0.1, 0.15) is 16.7 Å². The van der Waals surface area contributed by atoms with E-state index in [-0.39, 0.29) is 17.5 Å². The Bertz CT molecular complexity index is 1070. The van der Waals surface area contributed by atoms with Crippen LogP contribution in [0.2, 0.25) is 0 Å². The Morgan fingerprint density at radius 1 is 1.38 bits per heavy atom. The van der Waals surface area contributed by atoms with Gasteiger partial charge in [0, 0.05) is 5.69 Å². The summed E-state index contributed by atoms with van der Waals surface area (Å²) in [6, 6.07) is 4.40. The van der Waals surface area contributed by atoms with Crippen molar-refractivity contribution < 1.29 is 26.4 Å². The molecule has 0 aliphatic heterocycles. The van der Waals surface area contributed by atoms with Gasteiger partial charge in [-0.15, -0.1) is 0 Å². The lowest BCUT2D eigenvalue weighted by molar-refractivity contribution is -0.137. The predicted molar refractivity (Wildman–Crippen MR) is 97.3 cm³/mol. The number of benzene rings is 1. The minimum absolute atomic E-state index is 0.0991. The average Bonchev–Trinajstić information content (AvgIpc) is 2.61. The minimum atomic E-state index is -4.58. The largest absolute Gasteiger partial charge is 0.416 e. The third kappa shape index (κ3) is 5.55. The number of carbonyl (C=O) groups excluding carboxylic acids is 1. The summed E-state index contributed by atoms with van der Waals surface area (Å²) in [7, 11) is -4.07. The lowest BCUT2D eigenvalue weighted by Crippen LogP contribution is -2.33. The van der Waals surface area contributed by atoms with Crippen LogP contribution in [-0.2, 0) is 20.8 Å². The molecule has 13 heteroatoms. The first-order chi connectivity index (χ1) is 13.4. The smallest absolute Gasteiger partial charge is 0.368 e. The van der Waals surface area contributed by atoms with E-state index in [4.69, 9.17) is 11.0 Å². The molecule has 0 spiro atoms. The molecule has 1 amide bonds. The van der Waals surface area contributed by atoms with Crippen LogP contribution < -0.4 is 16.4 Å². The van der Waals surface area contributed by atoms with Gasteiger partial charge in [-0.3, -0.25) is 4.79 Å². The van der Waals surface area contributed by atoms with Gasteiger partial charge in [0.15, 0.2) is 15.7 Å². The Kier molecular flexibility index (Phi) is 6.28. The maximum atomic E-state index is 12.8. The monoisotopic (exact) mass is 428 g/mol. The molecule has 1 heterocycles. The third-order valence-electron chi connectivity index (χ3n) is 3.57. The maximum Gasteiger partial charge on any atom is 0.416 e. The summed E-state index contributed by atoms with van der Waals surface area (Å²) in [6.07, 6.45) is -3.68. The Morgan fingerprint density at radius 2 is 2.07 bits per heavy atom. The molecule has 0 bridgehead atoms. The van der Waals surface area contributed by atoms with Gasteiger partial charge in [0.2, 0.25) is 11.9 Å². The molecule has 154 valence electrons. The van der Waals surface area contributed by atoms with Gasteiger partial charge in [-0.1, -0.05) is 6.07 Å². The molecule has 0 aliphatic rings. The number of anilines is 3. The number of nitrogens with two attached hydrogens (primary N) is 1. The van der Waals surface area contributed by atoms with E-state index in [0.29, 0.717) is 0 Å². The van der Waals surface area contributed by atoms with Crippen LogP contribution in [0.5, 0.6) is 0 Å². The minimum Gasteiger partial charge on any atom is -0.368 e. The lowest BCUT2D eigenvalue weighted by atomic mass is 10.2. The number of rotatable bonds is 6. The number of nitriles is 1. The number of nitrogens with one attached hydrogen (secondary N) is 2. The van der Waals surface area contributed by atoms with Crippen molar-refractivity contribution in [3.63, 3.8) is 0 Å². The van der Waals surface area contributed by atoms with E-state index in [1.54, 1.807) is 0 Å². The van der Waals surface area contributed by atoms with Crippen LogP contribution >= 0.6 is 0 Å². The summed E-state index contributed by atoms with van der Waals surface area (Å²) in [5, 5.41) is 13.5. The van der Waals surface area contributed by atoms with Gasteiger partial charge in [0.05, 0.1) is 17.8 Å². The van der Waals surface area contributed by atoms with Crippen LogP contribution in [0.15, 0.2) is 35.4 Å². The fraction of sp³-hybridized carbons (Fsp3) is 0.250. The van der Waals surface area contributed by atoms with Crippen molar-refractivity contribution >= 4 is 33.2 Å². The molecule has 1 aromatic heterocycles. The summed E-state index contributed by atoms with van der Waals surface area (Å²) < 4.78 is 62.6. The fourth-order valence-electron chi connectivity index (χ4n) is 2.17. The van der Waals surface area contributed by atoms with Crippen LogP contribution in [0.25, 0.3) is 0 Å². The number of hydrogen-bond donors (Lipinski definition) is 3. The van der Waals surface area contributed by atoms with Crippen molar-refractivity contribution in [2.75, 3.05) is 22.1 Å². The molecule has 0 saturated carbocycles. The number of nitrogens with zero attached hydrogens (tertiary/aromatic N) is 3. The summed E-state index contributed by atoms with van der Waals surface area (Å²) in [5.74, 6) is -2.20. The van der Waals surface area contributed by atoms with Crippen molar-refractivity contribution in [2.24, 2.45) is 0 Å². The van der Waals surface area contributed by atoms with E-state index >= 15 is 0 Å². The van der Waals surface area contributed by atoms with Crippen molar-refractivity contribution in [3.05, 3.63) is 36.0 Å². The lowest BCUT2D eigenvalue weighted by Gasteiger charge is -2.17. The molecular weight excluding hydrogens is 413 g/mol. The van der Waals surface area contributed by atoms with Gasteiger partial charge in [0.25, 0.3) is 0 Å². The number of carbonyl (C=O) groups is 1. The zero-order chi connectivity index (χ0) is 21.8. The molecule has 9 nitrogen and oxygen atoms in total. The van der Waals surface area contributed by atoms with Crippen LogP contribution in [0.1, 0.15) is 12.5 Å². The van der Waals surface area contributed by atoms with E-state index in [0.717, 1.165) is 24.4 Å². The summed E-state index contributed by atoms with van der Waals surface area (Å²) in [5.41, 5.74) is 4.41. The quantitative estimate of drug-likeness (QED) is 0.630. The number of alkyl halides is 3. The first-order valence-corrected chi connectivity index (χ1v) is 9.56. The first-order valence-electron chi connectivity index (χ1n) is 7.91. The Morgan fingerprint density at radius 3 is 2.69 bits per heavy atom. The van der Waals surface area contributed by atoms with Crippen LogP contribution in [-0.4, -0.2) is 36.1 Å². The van der Waals surface area contributed by atoms with Crippen LogP contribution in [0.3, 0.4) is 0 Å². The molecule has 2 rings (SSSR count). The van der Waals surface area contributed by atoms with Crippen molar-refractivity contribution in [1.29, 1.82) is 5.26 Å². The Balaban J connectivity index is 2.23. The highest BCUT2D eigenvalue weighted by atomic mass is 32.2. The van der Waals surface area contributed by atoms with Crippen LogP contribution in [0, 0.1) is 11.3 Å². The highest BCUT2D eigenvalue weighted by molar-refractivity contribution is 7.91. The van der Waals surface area contributed by atoms with E-state index in [1.165, 1.54) is 19.1 Å². The summed E-state index contributed by atoms with van der Waals surface area (Å²) in [4.78, 5) is 19.2. The SMILES string of the molecule is C[C@H](Nc1nc(N)ncc1S(=O)(=O)CC#N)C(=O)Nc1cccc(C(F)(F)F)c1. The summed E-state index contributed by atoms with van der Waals surface area (Å²) in [6.45, 7) is 1.34. The zero-order valence-corrected chi connectivity index (χ0v) is 15.7. The number of aromatic nitrogens is 2. The third-order valence-corrected chi connectivity index (χ3v) is 5.05. The second-order valence-electron chi connectivity index (χ2n) is 5.79. The summed E-state index contributed by atoms with van der Waals surface area (Å²) >= 11 is 0. The number of amides is 1. The molecule has 0 saturated heterocycles. The number of halogens is 3.